The standard InChI is InChI=1S/C71H121NO8/c1-6-8-10-12-14-16-18-20-22-23-24-25-26-27-28-29-30-31-32-33-34-35-36-37-38-39-40-41-42-43-44-45-46-47-48-50-52-54-56-58-60-62-69(74)80-67(66-79-71(70(75)76)77-64-63-72(3,4)5)65-78-68(73)61-59-57-55-53-51-49-21-19-17-15-13-11-9-7-2/h8,10,14,16,20,22,24-25,27-28,30-31,33-34,36-37,39-40,67,71H,6-7,9,11-13,15,17-19,21,23,26,29,32,35,38,41-66H2,1-5H3/b10-8-,16-14-,22-20-,25-24-,28-27-,31-30-,34-33-,37-36-,40-39-. The van der Waals surface area contributed by atoms with Gasteiger partial charge >= 0.3 is 11.9 Å². The van der Waals surface area contributed by atoms with E-state index in [1.165, 1.54) is 135 Å². The molecule has 0 heterocycles. The molecule has 0 N–H and O–H groups in total. The molecule has 0 amide bonds. The highest BCUT2D eigenvalue weighted by molar-refractivity contribution is 5.70. The normalized spacial score (nSPS) is 13.5. The Hall–Kier alpha value is -4.05. The summed E-state index contributed by atoms with van der Waals surface area (Å²) < 4.78 is 22.7. The van der Waals surface area contributed by atoms with E-state index in [1.807, 2.05) is 21.1 Å². The second-order valence-electron chi connectivity index (χ2n) is 22.7. The minimum Gasteiger partial charge on any atom is -0.545 e. The third kappa shape index (κ3) is 61.6. The van der Waals surface area contributed by atoms with Crippen LogP contribution in [0.3, 0.4) is 0 Å². The van der Waals surface area contributed by atoms with Gasteiger partial charge in [0.2, 0.25) is 0 Å². The Morgan fingerprint density at radius 2 is 0.713 bits per heavy atom. The zero-order valence-electron chi connectivity index (χ0n) is 52.2. The number of likely N-dealkylation sites (N-methyl/N-ethyl adjacent to an activating group) is 1. The van der Waals surface area contributed by atoms with Gasteiger partial charge < -0.3 is 33.3 Å². The van der Waals surface area contributed by atoms with E-state index >= 15 is 0 Å². The molecule has 0 fully saturated rings. The molecule has 9 nitrogen and oxygen atoms in total. The average Bonchev–Trinajstić information content (AvgIpc) is 3.43. The first-order valence-corrected chi connectivity index (χ1v) is 32.5. The summed E-state index contributed by atoms with van der Waals surface area (Å²) in [6, 6.07) is 0. The number of rotatable bonds is 59. The molecule has 2 unspecified atom stereocenters. The molecule has 9 heteroatoms. The van der Waals surface area contributed by atoms with Crippen molar-refractivity contribution in [2.24, 2.45) is 0 Å². The van der Waals surface area contributed by atoms with Crippen molar-refractivity contribution < 1.29 is 42.9 Å². The van der Waals surface area contributed by atoms with Crippen LogP contribution in [0.2, 0.25) is 0 Å². The first kappa shape index (κ1) is 76.0. The van der Waals surface area contributed by atoms with Crippen LogP contribution < -0.4 is 5.11 Å². The molecule has 0 rings (SSSR count). The number of carbonyl (C=O) groups excluding carboxylic acids is 3. The highest BCUT2D eigenvalue weighted by atomic mass is 16.7. The van der Waals surface area contributed by atoms with E-state index in [1.54, 1.807) is 0 Å². The smallest absolute Gasteiger partial charge is 0.306 e. The summed E-state index contributed by atoms with van der Waals surface area (Å²) in [5, 5.41) is 11.8. The van der Waals surface area contributed by atoms with E-state index in [4.69, 9.17) is 18.9 Å². The molecule has 2 atom stereocenters. The molecule has 0 spiro atoms. The van der Waals surface area contributed by atoms with Crippen molar-refractivity contribution in [3.8, 4) is 0 Å². The van der Waals surface area contributed by atoms with Crippen LogP contribution in [-0.2, 0) is 33.3 Å². The van der Waals surface area contributed by atoms with Crippen LogP contribution in [-0.4, -0.2) is 82.3 Å². The summed E-state index contributed by atoms with van der Waals surface area (Å²) in [6.07, 6.45) is 81.6. The van der Waals surface area contributed by atoms with E-state index in [9.17, 15) is 19.5 Å². The fourth-order valence-corrected chi connectivity index (χ4v) is 8.82. The van der Waals surface area contributed by atoms with Gasteiger partial charge in [0.05, 0.1) is 40.3 Å². The van der Waals surface area contributed by atoms with Gasteiger partial charge in [-0.25, -0.2) is 0 Å². The number of carboxylic acid groups (broad SMARTS) is 1. The number of quaternary nitrogens is 1. The van der Waals surface area contributed by atoms with Gasteiger partial charge in [-0.2, -0.15) is 0 Å². The number of hydrogen-bond acceptors (Lipinski definition) is 8. The Kier molecular flexibility index (Phi) is 57.9. The topological polar surface area (TPSA) is 111 Å². The van der Waals surface area contributed by atoms with Crippen LogP contribution in [0.25, 0.3) is 0 Å². The number of ether oxygens (including phenoxy) is 4. The summed E-state index contributed by atoms with van der Waals surface area (Å²) in [6.45, 7) is 4.64. The summed E-state index contributed by atoms with van der Waals surface area (Å²) in [5.41, 5.74) is 0. The zero-order valence-corrected chi connectivity index (χ0v) is 52.2. The van der Waals surface area contributed by atoms with Gasteiger partial charge in [-0.1, -0.05) is 277 Å². The van der Waals surface area contributed by atoms with Crippen LogP contribution in [0.15, 0.2) is 109 Å². The van der Waals surface area contributed by atoms with Crippen LogP contribution >= 0.6 is 0 Å². The third-order valence-electron chi connectivity index (χ3n) is 13.8. The number of carbonyl (C=O) groups is 3. The van der Waals surface area contributed by atoms with E-state index in [0.717, 1.165) is 96.3 Å². The maximum absolute atomic E-state index is 12.9. The lowest BCUT2D eigenvalue weighted by molar-refractivity contribution is -0.870. The number of nitrogens with zero attached hydrogens (tertiary/aromatic N) is 1. The molecule has 0 aliphatic carbocycles. The largest absolute Gasteiger partial charge is 0.545 e. The molecule has 0 aromatic heterocycles. The van der Waals surface area contributed by atoms with E-state index in [2.05, 4.69) is 123 Å². The lowest BCUT2D eigenvalue weighted by Gasteiger charge is -2.26. The van der Waals surface area contributed by atoms with Crippen molar-refractivity contribution in [2.75, 3.05) is 47.5 Å². The minimum atomic E-state index is -1.62. The highest BCUT2D eigenvalue weighted by Gasteiger charge is 2.22. The Labute approximate surface area is 492 Å². The van der Waals surface area contributed by atoms with Crippen LogP contribution in [0, 0.1) is 0 Å². The number of esters is 2. The first-order chi connectivity index (χ1) is 39.1. The predicted molar refractivity (Wildman–Crippen MR) is 338 cm³/mol. The molecule has 0 aromatic carbocycles. The Balaban J connectivity index is 4.07. The van der Waals surface area contributed by atoms with Crippen molar-refractivity contribution in [2.45, 2.75) is 277 Å². The summed E-state index contributed by atoms with van der Waals surface area (Å²) in [7, 11) is 5.92. The molecule has 80 heavy (non-hydrogen) atoms. The lowest BCUT2D eigenvalue weighted by atomic mass is 10.0. The van der Waals surface area contributed by atoms with E-state index in [0.29, 0.717) is 23.9 Å². The fraction of sp³-hybridized carbons (Fsp3) is 0.704. The zero-order chi connectivity index (χ0) is 58.3. The predicted octanol–water partition coefficient (Wildman–Crippen LogP) is 18.5. The Morgan fingerprint density at radius 1 is 0.388 bits per heavy atom. The fourth-order valence-electron chi connectivity index (χ4n) is 8.82. The molecule has 0 saturated heterocycles. The van der Waals surface area contributed by atoms with Gasteiger partial charge in [0.15, 0.2) is 12.4 Å². The molecule has 0 radical (unpaired) electrons. The summed E-state index contributed by atoms with van der Waals surface area (Å²) in [5.74, 6) is -2.28. The maximum Gasteiger partial charge on any atom is 0.306 e. The van der Waals surface area contributed by atoms with Crippen LogP contribution in [0.4, 0.5) is 0 Å². The Morgan fingerprint density at radius 3 is 1.06 bits per heavy atom. The van der Waals surface area contributed by atoms with Gasteiger partial charge in [0.25, 0.3) is 0 Å². The SMILES string of the molecule is CC/C=C\C/C=C\C/C=C\C/C=C\C/C=C\C/C=C\C/C=C\C/C=C\C/C=C\CCCCCCCCCCCCCCCC(=O)OC(COC(=O)CCCCCCCCCCCCCCCC)COC(OCC[N+](C)(C)C)C(=O)[O-]. The quantitative estimate of drug-likeness (QED) is 0.0195. The lowest BCUT2D eigenvalue weighted by Crippen LogP contribution is -2.44. The van der Waals surface area contributed by atoms with Crippen molar-refractivity contribution in [3.05, 3.63) is 109 Å². The molecule has 0 bridgehead atoms. The minimum absolute atomic E-state index is 0.146. The van der Waals surface area contributed by atoms with Crippen molar-refractivity contribution in [3.63, 3.8) is 0 Å². The molecule has 0 saturated carbocycles. The maximum atomic E-state index is 12.9. The molecule has 0 aromatic rings. The molecule has 458 valence electrons. The van der Waals surface area contributed by atoms with Gasteiger partial charge in [-0.3, -0.25) is 9.59 Å². The van der Waals surface area contributed by atoms with Crippen molar-refractivity contribution >= 4 is 17.9 Å². The van der Waals surface area contributed by atoms with Gasteiger partial charge in [-0.05, 0) is 83.5 Å². The van der Waals surface area contributed by atoms with Crippen LogP contribution in [0.1, 0.15) is 264 Å². The third-order valence-corrected chi connectivity index (χ3v) is 13.8. The first-order valence-electron chi connectivity index (χ1n) is 32.5. The summed E-state index contributed by atoms with van der Waals surface area (Å²) in [4.78, 5) is 37.3. The number of aliphatic carboxylic acids is 1. The summed E-state index contributed by atoms with van der Waals surface area (Å²) >= 11 is 0. The van der Waals surface area contributed by atoms with Gasteiger partial charge in [-0.15, -0.1) is 0 Å². The van der Waals surface area contributed by atoms with E-state index in [-0.39, 0.29) is 32.2 Å². The highest BCUT2D eigenvalue weighted by Crippen LogP contribution is 2.16. The van der Waals surface area contributed by atoms with Gasteiger partial charge in [0, 0.05) is 12.8 Å². The number of unbranched alkanes of at least 4 members (excludes halogenated alkanes) is 26. The average molecular weight is 1120 g/mol. The monoisotopic (exact) mass is 1120 g/mol. The molecular weight excluding hydrogens is 995 g/mol. The molecular formula is C71H121NO8. The number of hydrogen-bond donors (Lipinski definition) is 0. The van der Waals surface area contributed by atoms with E-state index < -0.39 is 24.3 Å². The number of carboxylic acids is 1. The van der Waals surface area contributed by atoms with Crippen molar-refractivity contribution in [1.82, 2.24) is 0 Å². The second-order valence-corrected chi connectivity index (χ2v) is 22.7. The Bertz CT molecular complexity index is 1680. The molecule has 0 aliphatic heterocycles. The molecule has 0 aliphatic rings. The van der Waals surface area contributed by atoms with Crippen LogP contribution in [0.5, 0.6) is 0 Å². The second kappa shape index (κ2) is 61.0. The number of allylic oxidation sites excluding steroid dienone is 18. The van der Waals surface area contributed by atoms with Gasteiger partial charge in [0.1, 0.15) is 13.2 Å². The van der Waals surface area contributed by atoms with Crippen molar-refractivity contribution in [1.29, 1.82) is 0 Å².